The molecule has 2 fully saturated rings. The van der Waals surface area contributed by atoms with E-state index in [4.69, 9.17) is 4.74 Å². The maximum Gasteiger partial charge on any atom is 0.223 e. The van der Waals surface area contributed by atoms with Gasteiger partial charge in [-0.15, -0.1) is 0 Å². The molecule has 0 aliphatic carbocycles. The Bertz CT molecular complexity index is 768. The van der Waals surface area contributed by atoms with Crippen molar-refractivity contribution in [1.29, 1.82) is 0 Å². The number of nitrogens with zero attached hydrogens (tertiary/aromatic N) is 3. The summed E-state index contributed by atoms with van der Waals surface area (Å²) in [5.74, 6) is 0.237. The van der Waals surface area contributed by atoms with Crippen LogP contribution in [0.25, 0.3) is 0 Å². The standard InChI is InChI=1S/C22H27N3O2/c1-18(20-5-3-2-4-6-20)25-16-22(13-21(25)26)15-24(11-12-27-17-22)14-19-7-9-23-10-8-19/h2-10,18H,11-17H2,1H3/t18-,22-/m1/s1. The van der Waals surface area contributed by atoms with E-state index in [1.807, 2.05) is 35.5 Å². The lowest BCUT2D eigenvalue weighted by Crippen LogP contribution is -2.40. The van der Waals surface area contributed by atoms with E-state index in [-0.39, 0.29) is 17.4 Å². The normalized spacial score (nSPS) is 24.9. The molecule has 1 amide bonds. The number of amides is 1. The van der Waals surface area contributed by atoms with Crippen LogP contribution in [-0.2, 0) is 16.1 Å². The van der Waals surface area contributed by atoms with Gasteiger partial charge in [0.15, 0.2) is 0 Å². The molecule has 142 valence electrons. The number of rotatable bonds is 4. The predicted molar refractivity (Wildman–Crippen MR) is 104 cm³/mol. The fourth-order valence-electron chi connectivity index (χ4n) is 4.36. The number of hydrogen-bond acceptors (Lipinski definition) is 4. The van der Waals surface area contributed by atoms with Crippen LogP contribution in [0.3, 0.4) is 0 Å². The van der Waals surface area contributed by atoms with Gasteiger partial charge in [0, 0.05) is 50.4 Å². The van der Waals surface area contributed by atoms with Crippen LogP contribution in [0.4, 0.5) is 0 Å². The highest BCUT2D eigenvalue weighted by Crippen LogP contribution is 2.38. The van der Waals surface area contributed by atoms with Crippen molar-refractivity contribution in [3.8, 4) is 0 Å². The quantitative estimate of drug-likeness (QED) is 0.836. The molecule has 2 atom stereocenters. The number of pyridine rings is 1. The molecule has 1 aromatic carbocycles. The number of carbonyl (C=O) groups is 1. The number of ether oxygens (including phenoxy) is 1. The summed E-state index contributed by atoms with van der Waals surface area (Å²) in [4.78, 5) is 21.4. The van der Waals surface area contributed by atoms with E-state index < -0.39 is 0 Å². The first-order chi connectivity index (χ1) is 13.2. The Balaban J connectivity index is 1.49. The van der Waals surface area contributed by atoms with Gasteiger partial charge in [-0.05, 0) is 30.2 Å². The molecule has 0 N–H and O–H groups in total. The highest BCUT2D eigenvalue weighted by atomic mass is 16.5. The molecule has 0 saturated carbocycles. The van der Waals surface area contributed by atoms with Gasteiger partial charge in [-0.3, -0.25) is 14.7 Å². The number of benzene rings is 1. The van der Waals surface area contributed by atoms with Crippen molar-refractivity contribution >= 4 is 5.91 Å². The van der Waals surface area contributed by atoms with Crippen molar-refractivity contribution in [1.82, 2.24) is 14.8 Å². The second kappa shape index (κ2) is 7.79. The Labute approximate surface area is 161 Å². The van der Waals surface area contributed by atoms with Crippen molar-refractivity contribution in [2.75, 3.05) is 32.8 Å². The Morgan fingerprint density at radius 2 is 1.93 bits per heavy atom. The highest BCUT2D eigenvalue weighted by Gasteiger charge is 2.46. The minimum atomic E-state index is -0.121. The second-order valence-electron chi connectivity index (χ2n) is 7.90. The van der Waals surface area contributed by atoms with Crippen molar-refractivity contribution in [2.45, 2.75) is 25.9 Å². The van der Waals surface area contributed by atoms with Gasteiger partial charge < -0.3 is 9.64 Å². The second-order valence-corrected chi connectivity index (χ2v) is 7.90. The van der Waals surface area contributed by atoms with Crippen LogP contribution in [0.15, 0.2) is 54.9 Å². The number of aromatic nitrogens is 1. The summed E-state index contributed by atoms with van der Waals surface area (Å²) in [6.07, 6.45) is 4.24. The molecule has 0 radical (unpaired) electrons. The van der Waals surface area contributed by atoms with Gasteiger partial charge in [0.05, 0.1) is 19.3 Å². The molecule has 0 unspecified atom stereocenters. The maximum absolute atomic E-state index is 12.9. The number of likely N-dealkylation sites (tertiary alicyclic amines) is 1. The molecule has 1 aromatic heterocycles. The van der Waals surface area contributed by atoms with E-state index in [0.29, 0.717) is 13.0 Å². The van der Waals surface area contributed by atoms with Crippen LogP contribution in [0, 0.1) is 5.41 Å². The third-order valence-electron chi connectivity index (χ3n) is 5.78. The molecular weight excluding hydrogens is 338 g/mol. The largest absolute Gasteiger partial charge is 0.379 e. The molecule has 3 heterocycles. The molecule has 4 rings (SSSR count). The SMILES string of the molecule is C[C@H](c1ccccc1)N1C[C@@]2(COCCN(Cc3ccncc3)C2)CC1=O. The molecule has 1 spiro atoms. The summed E-state index contributed by atoms with van der Waals surface area (Å²) in [6, 6.07) is 14.5. The van der Waals surface area contributed by atoms with Crippen molar-refractivity contribution in [3.05, 3.63) is 66.0 Å². The van der Waals surface area contributed by atoms with Crippen LogP contribution in [0.5, 0.6) is 0 Å². The molecule has 2 aromatic rings. The summed E-state index contributed by atoms with van der Waals surface area (Å²) in [7, 11) is 0. The van der Waals surface area contributed by atoms with Crippen molar-refractivity contribution in [2.24, 2.45) is 5.41 Å². The van der Waals surface area contributed by atoms with E-state index in [0.717, 1.165) is 32.8 Å². The molecule has 5 nitrogen and oxygen atoms in total. The first-order valence-corrected chi connectivity index (χ1v) is 9.69. The van der Waals surface area contributed by atoms with E-state index >= 15 is 0 Å². The summed E-state index contributed by atoms with van der Waals surface area (Å²) in [5.41, 5.74) is 2.32. The van der Waals surface area contributed by atoms with Crippen LogP contribution in [0.1, 0.15) is 30.5 Å². The summed E-state index contributed by atoms with van der Waals surface area (Å²) in [5, 5.41) is 0. The minimum absolute atomic E-state index is 0.0926. The average molecular weight is 365 g/mol. The van der Waals surface area contributed by atoms with Gasteiger partial charge >= 0.3 is 0 Å². The maximum atomic E-state index is 12.9. The summed E-state index contributed by atoms with van der Waals surface area (Å²) < 4.78 is 5.95. The van der Waals surface area contributed by atoms with Crippen LogP contribution in [-0.4, -0.2) is 53.5 Å². The fourth-order valence-corrected chi connectivity index (χ4v) is 4.36. The fraction of sp³-hybridized carbons (Fsp3) is 0.455. The third-order valence-corrected chi connectivity index (χ3v) is 5.78. The van der Waals surface area contributed by atoms with Gasteiger partial charge in [-0.25, -0.2) is 0 Å². The Kier molecular flexibility index (Phi) is 5.23. The zero-order valence-electron chi connectivity index (χ0n) is 15.9. The van der Waals surface area contributed by atoms with Crippen LogP contribution in [0.2, 0.25) is 0 Å². The lowest BCUT2D eigenvalue weighted by Gasteiger charge is -2.33. The smallest absolute Gasteiger partial charge is 0.223 e. The highest BCUT2D eigenvalue weighted by molar-refractivity contribution is 5.80. The van der Waals surface area contributed by atoms with Crippen LogP contribution < -0.4 is 0 Å². The Hall–Kier alpha value is -2.24. The Morgan fingerprint density at radius 1 is 1.15 bits per heavy atom. The average Bonchev–Trinajstić information content (AvgIpc) is 2.89. The lowest BCUT2D eigenvalue weighted by atomic mass is 9.87. The third kappa shape index (κ3) is 4.04. The summed E-state index contributed by atoms with van der Waals surface area (Å²) in [6.45, 7) is 6.91. The monoisotopic (exact) mass is 365 g/mol. The Morgan fingerprint density at radius 3 is 2.70 bits per heavy atom. The van der Waals surface area contributed by atoms with Crippen molar-refractivity contribution < 1.29 is 9.53 Å². The molecule has 2 aliphatic heterocycles. The summed E-state index contributed by atoms with van der Waals surface area (Å²) >= 11 is 0. The minimum Gasteiger partial charge on any atom is -0.379 e. The van der Waals surface area contributed by atoms with Gasteiger partial charge in [0.2, 0.25) is 5.91 Å². The van der Waals surface area contributed by atoms with Gasteiger partial charge in [-0.2, -0.15) is 0 Å². The molecule has 5 heteroatoms. The first-order valence-electron chi connectivity index (χ1n) is 9.69. The first kappa shape index (κ1) is 18.1. The zero-order chi connectivity index (χ0) is 18.7. The molecular formula is C22H27N3O2. The molecule has 27 heavy (non-hydrogen) atoms. The van der Waals surface area contributed by atoms with Gasteiger partial charge in [0.1, 0.15) is 0 Å². The predicted octanol–water partition coefficient (Wildman–Crippen LogP) is 2.89. The number of hydrogen-bond donors (Lipinski definition) is 0. The van der Waals surface area contributed by atoms with Crippen molar-refractivity contribution in [3.63, 3.8) is 0 Å². The van der Waals surface area contributed by atoms with Gasteiger partial charge in [0.25, 0.3) is 0 Å². The van der Waals surface area contributed by atoms with Gasteiger partial charge in [-0.1, -0.05) is 30.3 Å². The molecule has 0 bridgehead atoms. The zero-order valence-corrected chi connectivity index (χ0v) is 15.9. The van der Waals surface area contributed by atoms with E-state index in [9.17, 15) is 4.79 Å². The van der Waals surface area contributed by atoms with E-state index in [1.165, 1.54) is 11.1 Å². The molecule has 2 saturated heterocycles. The van der Waals surface area contributed by atoms with E-state index in [2.05, 4.69) is 41.1 Å². The van der Waals surface area contributed by atoms with Crippen LogP contribution >= 0.6 is 0 Å². The molecule has 2 aliphatic rings. The topological polar surface area (TPSA) is 45.7 Å². The lowest BCUT2D eigenvalue weighted by molar-refractivity contribution is -0.129. The number of carbonyl (C=O) groups excluding carboxylic acids is 1. The van der Waals surface area contributed by atoms with E-state index in [1.54, 1.807) is 0 Å².